The third-order valence-electron chi connectivity index (χ3n) is 16.2. The Labute approximate surface area is 561 Å². The molecule has 94 heavy (non-hydrogen) atoms. The van der Waals surface area contributed by atoms with Crippen molar-refractivity contribution in [3.05, 3.63) is 162 Å². The lowest BCUT2D eigenvalue weighted by Crippen LogP contribution is -2.54. The van der Waals surface area contributed by atoms with Crippen LogP contribution in [0.15, 0.2) is 154 Å². The SMILES string of the molecule is C1CNC1.CC(C)(C)[Si](C)(C)N=S(=O)(c1cccc(N)c1)N1CCC1.CC(C)(C)[Si](C)(C)N=S(=O)(c1cccc([N+](=O)[O-])c1)N1CCC1.CC(C)(C)[Si](C)(C)NS(=O)(=O)c1cccc([N+](=O)[O-])c1.NS(=O)(=O)c1cccc([N+](=O)[O-])c1.O=[N+]([O-])c1cccc(S(=O)(=O)Cl)c1. The van der Waals surface area contributed by atoms with Crippen LogP contribution in [0.2, 0.25) is 54.4 Å². The number of halogens is 1. The summed E-state index contributed by atoms with van der Waals surface area (Å²) < 4.78 is 112. The molecule has 0 radical (unpaired) electrons. The molecular formula is C57H89ClN12O16S5Si3. The van der Waals surface area contributed by atoms with E-state index in [1.165, 1.54) is 86.2 Å². The Hall–Kier alpha value is -6.01. The average molecular weight is 1480 g/mol. The maximum Gasteiger partial charge on any atom is 0.270 e. The number of nitro benzene ring substituents is 4. The minimum absolute atomic E-state index is 0.0404. The largest absolute Gasteiger partial charge is 0.399 e. The molecule has 37 heteroatoms. The molecule has 0 spiro atoms. The van der Waals surface area contributed by atoms with Gasteiger partial charge in [-0.25, -0.2) is 51.8 Å². The summed E-state index contributed by atoms with van der Waals surface area (Å²) in [6.45, 7) is 36.9. The van der Waals surface area contributed by atoms with Crippen LogP contribution in [0.1, 0.15) is 81.6 Å². The molecule has 2 unspecified atom stereocenters. The van der Waals surface area contributed by atoms with Crippen molar-refractivity contribution in [2.24, 2.45) is 13.2 Å². The van der Waals surface area contributed by atoms with Gasteiger partial charge in [-0.2, -0.15) is 0 Å². The summed E-state index contributed by atoms with van der Waals surface area (Å²) in [6.07, 6.45) is 3.46. The number of hydrogen-bond donors (Lipinski definition) is 4. The van der Waals surface area contributed by atoms with Crippen molar-refractivity contribution in [3.63, 3.8) is 0 Å². The lowest BCUT2D eigenvalue weighted by Gasteiger charge is -2.38. The van der Waals surface area contributed by atoms with Gasteiger partial charge in [-0.05, 0) is 116 Å². The number of nitro groups is 4. The molecule has 6 N–H and O–H groups in total. The topological polar surface area (TPSA) is 416 Å². The Balaban J connectivity index is 0.000000306. The molecule has 0 aromatic heterocycles. The maximum absolute atomic E-state index is 13.8. The van der Waals surface area contributed by atoms with Crippen molar-refractivity contribution in [2.75, 3.05) is 45.0 Å². The van der Waals surface area contributed by atoms with E-state index >= 15 is 0 Å². The summed E-state index contributed by atoms with van der Waals surface area (Å²) in [7, 11) is -18.3. The molecule has 8 rings (SSSR count). The maximum atomic E-state index is 13.8. The first-order valence-corrected chi connectivity index (χ1v) is 46.5. The molecule has 522 valence electrons. The number of nitrogen functional groups attached to an aromatic ring is 1. The summed E-state index contributed by atoms with van der Waals surface area (Å²) >= 11 is 0. The number of nitrogens with two attached hydrogens (primary N) is 2. The highest BCUT2D eigenvalue weighted by Crippen LogP contribution is 2.42. The first-order valence-electron chi connectivity index (χ1n) is 29.3. The molecule has 0 aliphatic carbocycles. The monoisotopic (exact) mass is 1480 g/mol. The number of hydrogen-bond acceptors (Lipinski definition) is 20. The van der Waals surface area contributed by atoms with Gasteiger partial charge in [-0.15, -0.1) is 0 Å². The van der Waals surface area contributed by atoms with Crippen molar-refractivity contribution in [2.45, 2.75) is 160 Å². The second kappa shape index (κ2) is 32.4. The minimum atomic E-state index is -3.89. The zero-order chi connectivity index (χ0) is 72.1. The molecule has 0 saturated carbocycles. The molecule has 3 saturated heterocycles. The number of non-ortho nitro benzene ring substituents is 4. The van der Waals surface area contributed by atoms with Gasteiger partial charge in [0.15, 0.2) is 16.5 Å². The Bertz CT molecular complexity index is 4070. The second-order valence-electron chi connectivity index (χ2n) is 26.5. The summed E-state index contributed by atoms with van der Waals surface area (Å²) in [6, 6.07) is 27.7. The van der Waals surface area contributed by atoms with E-state index in [-0.39, 0.29) is 52.6 Å². The molecular weight excluding hydrogens is 1390 g/mol. The van der Waals surface area contributed by atoms with E-state index < -0.39 is 93.3 Å². The second-order valence-corrected chi connectivity index (χ2v) is 52.3. The van der Waals surface area contributed by atoms with E-state index in [4.69, 9.17) is 29.6 Å². The van der Waals surface area contributed by atoms with Crippen molar-refractivity contribution in [1.82, 2.24) is 18.3 Å². The van der Waals surface area contributed by atoms with E-state index in [0.29, 0.717) is 10.6 Å². The predicted octanol–water partition coefficient (Wildman–Crippen LogP) is 12.4. The summed E-state index contributed by atoms with van der Waals surface area (Å²) in [4.78, 5) is 40.4. The molecule has 3 fully saturated rings. The number of primary sulfonamides is 1. The molecule has 3 aliphatic heterocycles. The van der Waals surface area contributed by atoms with E-state index in [1.54, 1.807) is 12.1 Å². The van der Waals surface area contributed by atoms with Crippen LogP contribution in [-0.4, -0.2) is 126 Å². The highest BCUT2D eigenvalue weighted by atomic mass is 35.7. The van der Waals surface area contributed by atoms with Crippen molar-refractivity contribution >= 4 is 113 Å². The molecule has 3 aliphatic rings. The molecule has 5 aromatic carbocycles. The standard InChI is InChI=1S/C15H25N3O3SSi.C15H27N3OSSi.C12H20N2O4SSi.C6H4ClNO4S.C6H6N2O4S.C3H7N/c1-15(2,3)23(4,5)16-22(21,17-10-7-11-17)14-9-6-8-13(12-14)18(19)20;1-15(2,3)21(4,5)17-20(19,18-10-7-11-18)14-9-6-8-13(16)12-14;1-12(2,3)20(4,5)13-19(17,18)11-8-6-7-10(9-11)14(15)16;2*7-13(11,12)6-3-1-2-5(4-6)8(9)10;1-2-4-3-1/h6,8-9,12H,7,10-11H2,1-5H3;6,8-9,12H,7,10-11,16H2,1-5H3;6-9,13H,1-5H3;1-4H;1-4H,(H2,7,11,12);4H,1-3H2. The van der Waals surface area contributed by atoms with Crippen LogP contribution < -0.4 is 20.6 Å². The lowest BCUT2D eigenvalue weighted by molar-refractivity contribution is -0.385. The number of nitrogens with zero attached hydrogens (tertiary/aromatic N) is 8. The summed E-state index contributed by atoms with van der Waals surface area (Å²) in [5, 5.41) is 50.0. The van der Waals surface area contributed by atoms with Gasteiger partial charge in [0, 0.05) is 91.1 Å². The molecule has 0 amide bonds. The number of benzene rings is 5. The first kappa shape index (κ1) is 82.2. The van der Waals surface area contributed by atoms with Gasteiger partial charge >= 0.3 is 0 Å². The number of rotatable bonds is 15. The predicted molar refractivity (Wildman–Crippen MR) is 377 cm³/mol. The Morgan fingerprint density at radius 3 is 1.04 bits per heavy atom. The zero-order valence-electron chi connectivity index (χ0n) is 55.6. The Morgan fingerprint density at radius 2 is 0.766 bits per heavy atom. The third kappa shape index (κ3) is 23.4. The van der Waals surface area contributed by atoms with E-state index in [9.17, 15) is 74.1 Å². The highest BCUT2D eigenvalue weighted by molar-refractivity contribution is 8.13. The van der Waals surface area contributed by atoms with Gasteiger partial charge in [0.05, 0.1) is 44.2 Å². The molecule has 2 atom stereocenters. The normalized spacial score (nSPS) is 15.9. The molecule has 5 aromatic rings. The van der Waals surface area contributed by atoms with Crippen molar-refractivity contribution in [1.29, 1.82) is 0 Å². The van der Waals surface area contributed by atoms with Crippen molar-refractivity contribution < 1.29 is 53.4 Å². The quantitative estimate of drug-likeness (QED) is 0.0249. The van der Waals surface area contributed by atoms with Crippen LogP contribution in [0.25, 0.3) is 0 Å². The Morgan fingerprint density at radius 1 is 0.479 bits per heavy atom. The van der Waals surface area contributed by atoms with E-state index in [0.717, 1.165) is 62.1 Å². The van der Waals surface area contributed by atoms with Gasteiger partial charge in [-0.1, -0.05) is 106 Å². The average Bonchev–Trinajstić information content (AvgIpc) is 0.769. The van der Waals surface area contributed by atoms with E-state index in [2.05, 4.69) is 77.4 Å². The molecule has 0 bridgehead atoms. The first-order chi connectivity index (χ1) is 42.7. The van der Waals surface area contributed by atoms with Gasteiger partial charge in [0.25, 0.3) is 31.8 Å². The fourth-order valence-corrected chi connectivity index (χ4v) is 25.3. The van der Waals surface area contributed by atoms with Crippen LogP contribution >= 0.6 is 10.7 Å². The minimum Gasteiger partial charge on any atom is -0.399 e. The van der Waals surface area contributed by atoms with Gasteiger partial charge in [0.2, 0.25) is 20.0 Å². The number of anilines is 1. The van der Waals surface area contributed by atoms with Crippen molar-refractivity contribution in [3.8, 4) is 0 Å². The number of nitrogens with one attached hydrogen (secondary N) is 2. The summed E-state index contributed by atoms with van der Waals surface area (Å²) in [5.74, 6) is 0. The Kier molecular flexibility index (Phi) is 28.3. The smallest absolute Gasteiger partial charge is 0.270 e. The van der Waals surface area contributed by atoms with Crippen LogP contribution in [0.5, 0.6) is 0 Å². The highest BCUT2D eigenvalue weighted by Gasteiger charge is 2.43. The van der Waals surface area contributed by atoms with Crippen LogP contribution in [0, 0.1) is 40.5 Å². The number of sulfonamides is 2. The van der Waals surface area contributed by atoms with Gasteiger partial charge < -0.3 is 11.1 Å². The lowest BCUT2D eigenvalue weighted by atomic mass is 10.2. The van der Waals surface area contributed by atoms with Crippen LogP contribution in [0.3, 0.4) is 0 Å². The zero-order valence-corrected chi connectivity index (χ0v) is 63.4. The third-order valence-corrected chi connectivity index (χ3v) is 43.0. The molecule has 3 heterocycles. The van der Waals surface area contributed by atoms with Gasteiger partial charge in [0.1, 0.15) is 28.1 Å². The van der Waals surface area contributed by atoms with Gasteiger partial charge in [-0.3, -0.25) is 48.5 Å². The fourth-order valence-electron chi connectivity index (χ4n) is 6.94. The van der Waals surface area contributed by atoms with Crippen LogP contribution in [0.4, 0.5) is 28.4 Å². The fraction of sp³-hybridized carbons (Fsp3) is 0.474. The van der Waals surface area contributed by atoms with Crippen LogP contribution in [-0.2, 0) is 48.9 Å². The molecule has 28 nitrogen and oxygen atoms in total. The van der Waals surface area contributed by atoms with E-state index in [1.807, 2.05) is 66.7 Å². The summed E-state index contributed by atoms with van der Waals surface area (Å²) in [5.41, 5.74) is 5.66.